The highest BCUT2D eigenvalue weighted by Crippen LogP contribution is 1.91. The topological polar surface area (TPSA) is 81.8 Å². The summed E-state index contributed by atoms with van der Waals surface area (Å²) in [4.78, 5) is 14.5. The van der Waals surface area contributed by atoms with Crippen LogP contribution in [0.5, 0.6) is 0 Å². The van der Waals surface area contributed by atoms with Gasteiger partial charge in [-0.2, -0.15) is 5.90 Å². The third-order valence-electron chi connectivity index (χ3n) is 1.78. The van der Waals surface area contributed by atoms with Gasteiger partial charge in [0.05, 0.1) is 12.7 Å². The Labute approximate surface area is 113 Å². The van der Waals surface area contributed by atoms with E-state index in [2.05, 4.69) is 28.5 Å². The van der Waals surface area contributed by atoms with E-state index in [4.69, 9.17) is 11.2 Å². The smallest absolute Gasteiger partial charge is 0.350 e. The summed E-state index contributed by atoms with van der Waals surface area (Å²) in [7, 11) is 0. The molecule has 0 heterocycles. The number of aliphatic hydroxyl groups excluding tert-OH is 1. The highest BCUT2D eigenvalue weighted by molar-refractivity contribution is 5.70. The van der Waals surface area contributed by atoms with Crippen molar-refractivity contribution in [2.24, 2.45) is 5.90 Å². The van der Waals surface area contributed by atoms with Gasteiger partial charge in [0, 0.05) is 12.8 Å². The summed E-state index contributed by atoms with van der Waals surface area (Å²) in [5.41, 5.74) is 0. The number of nitrogens with two attached hydrogens (primary N) is 1. The first-order chi connectivity index (χ1) is 9.20. The number of aliphatic hydroxyl groups is 1. The van der Waals surface area contributed by atoms with Gasteiger partial charge in [0.15, 0.2) is 0 Å². The molecule has 0 saturated heterocycles. The Morgan fingerprint density at radius 2 is 2.26 bits per heavy atom. The van der Waals surface area contributed by atoms with Crippen LogP contribution >= 0.6 is 0 Å². The molecule has 102 valence electrons. The third-order valence-corrected chi connectivity index (χ3v) is 1.78. The van der Waals surface area contributed by atoms with Crippen molar-refractivity contribution in [3.05, 3.63) is 24.3 Å². The van der Waals surface area contributed by atoms with Crippen LogP contribution in [0, 0.1) is 24.2 Å². The van der Waals surface area contributed by atoms with Crippen LogP contribution in [0.25, 0.3) is 0 Å². The highest BCUT2D eigenvalue weighted by atomic mass is 16.7. The van der Waals surface area contributed by atoms with E-state index in [0.717, 1.165) is 0 Å². The van der Waals surface area contributed by atoms with Crippen molar-refractivity contribution < 1.29 is 19.5 Å². The molecule has 0 aromatic heterocycles. The average molecular weight is 263 g/mol. The van der Waals surface area contributed by atoms with E-state index < -0.39 is 12.1 Å². The number of hydrogen-bond donors (Lipinski definition) is 2. The molecule has 5 nitrogen and oxygen atoms in total. The summed E-state index contributed by atoms with van der Waals surface area (Å²) in [6.45, 7) is 0.149. The molecule has 0 aliphatic heterocycles. The average Bonchev–Trinajstić information content (AvgIpc) is 2.40. The summed E-state index contributed by atoms with van der Waals surface area (Å²) in [6.07, 6.45) is 11.8. The Hall–Kier alpha value is -2.05. The predicted octanol–water partition coefficient (Wildman–Crippen LogP) is 0.310. The molecule has 0 aliphatic rings. The maximum atomic E-state index is 10.6. The number of carbonyl (C=O) groups excluding carboxylic acids is 1. The molecule has 0 amide bonds. The third kappa shape index (κ3) is 12.2. The van der Waals surface area contributed by atoms with Crippen molar-refractivity contribution >= 4 is 5.97 Å². The monoisotopic (exact) mass is 263 g/mol. The van der Waals surface area contributed by atoms with E-state index in [1.165, 1.54) is 0 Å². The first kappa shape index (κ1) is 16.9. The molecule has 5 heteroatoms. The molecular weight excluding hydrogens is 246 g/mol. The SMILES string of the molecule is C#CC[C@@H](O)/C=C/C=C/C#CCCOCC(=O)ON. The summed E-state index contributed by atoms with van der Waals surface area (Å²) in [5.74, 6) is 11.9. The standard InChI is InChI=1S/C14H17NO4/c1-2-9-13(16)10-7-5-3-4-6-8-11-18-12-14(17)19-15/h1,3,5,7,10,13,16H,8-9,11-12,15H2/b5-3+,10-7+/t13-/m1/s1. The molecule has 0 bridgehead atoms. The van der Waals surface area contributed by atoms with Gasteiger partial charge >= 0.3 is 5.97 Å². The molecule has 0 aromatic rings. The van der Waals surface area contributed by atoms with Crippen LogP contribution in [0.1, 0.15) is 12.8 Å². The Kier molecular flexibility index (Phi) is 11.1. The molecule has 0 saturated carbocycles. The normalized spacial score (nSPS) is 11.8. The predicted molar refractivity (Wildman–Crippen MR) is 71.2 cm³/mol. The van der Waals surface area contributed by atoms with Crippen LogP contribution in [0.15, 0.2) is 24.3 Å². The van der Waals surface area contributed by atoms with Crippen LogP contribution in [-0.2, 0) is 14.4 Å². The van der Waals surface area contributed by atoms with Gasteiger partial charge in [-0.1, -0.05) is 30.1 Å². The van der Waals surface area contributed by atoms with Gasteiger partial charge in [-0.15, -0.1) is 12.3 Å². The molecule has 0 rings (SSSR count). The summed E-state index contributed by atoms with van der Waals surface area (Å²) < 4.78 is 4.93. The van der Waals surface area contributed by atoms with Gasteiger partial charge in [0.1, 0.15) is 6.61 Å². The fourth-order valence-corrected chi connectivity index (χ4v) is 0.929. The molecule has 0 aliphatic carbocycles. The van der Waals surface area contributed by atoms with E-state index in [1.54, 1.807) is 24.3 Å². The lowest BCUT2D eigenvalue weighted by Crippen LogP contribution is -2.16. The minimum Gasteiger partial charge on any atom is -0.388 e. The second-order valence-corrected chi connectivity index (χ2v) is 3.33. The van der Waals surface area contributed by atoms with Crippen LogP contribution in [0.4, 0.5) is 0 Å². The fraction of sp³-hybridized carbons (Fsp3) is 0.357. The van der Waals surface area contributed by atoms with E-state index in [-0.39, 0.29) is 6.61 Å². The molecular formula is C14H17NO4. The summed E-state index contributed by atoms with van der Waals surface area (Å²) in [6, 6.07) is 0. The lowest BCUT2D eigenvalue weighted by atomic mass is 10.2. The van der Waals surface area contributed by atoms with Gasteiger partial charge in [-0.25, -0.2) is 4.79 Å². The van der Waals surface area contributed by atoms with Crippen molar-refractivity contribution in [2.75, 3.05) is 13.2 Å². The van der Waals surface area contributed by atoms with Crippen molar-refractivity contribution in [3.63, 3.8) is 0 Å². The zero-order valence-electron chi connectivity index (χ0n) is 10.5. The lowest BCUT2D eigenvalue weighted by Gasteiger charge is -1.97. The number of rotatable bonds is 7. The van der Waals surface area contributed by atoms with Crippen molar-refractivity contribution in [2.45, 2.75) is 18.9 Å². The zero-order chi connectivity index (χ0) is 14.3. The molecule has 0 spiro atoms. The van der Waals surface area contributed by atoms with E-state index in [0.29, 0.717) is 19.4 Å². The van der Waals surface area contributed by atoms with Gasteiger partial charge in [0.2, 0.25) is 0 Å². The Morgan fingerprint density at radius 3 is 2.95 bits per heavy atom. The first-order valence-electron chi connectivity index (χ1n) is 5.61. The lowest BCUT2D eigenvalue weighted by molar-refractivity contribution is -0.149. The van der Waals surface area contributed by atoms with Crippen LogP contribution in [-0.4, -0.2) is 30.4 Å². The second-order valence-electron chi connectivity index (χ2n) is 3.33. The first-order valence-corrected chi connectivity index (χ1v) is 5.61. The van der Waals surface area contributed by atoms with Crippen molar-refractivity contribution in [1.29, 1.82) is 0 Å². The molecule has 0 radical (unpaired) electrons. The van der Waals surface area contributed by atoms with Crippen LogP contribution in [0.2, 0.25) is 0 Å². The molecule has 0 fully saturated rings. The summed E-state index contributed by atoms with van der Waals surface area (Å²) >= 11 is 0. The molecule has 0 unspecified atom stereocenters. The van der Waals surface area contributed by atoms with E-state index >= 15 is 0 Å². The maximum Gasteiger partial charge on any atom is 0.350 e. The fourth-order valence-electron chi connectivity index (χ4n) is 0.929. The number of hydrogen-bond acceptors (Lipinski definition) is 5. The molecule has 3 N–H and O–H groups in total. The number of terminal acetylenes is 1. The Balaban J connectivity index is 3.64. The van der Waals surface area contributed by atoms with Crippen LogP contribution < -0.4 is 5.90 Å². The Morgan fingerprint density at radius 1 is 1.47 bits per heavy atom. The van der Waals surface area contributed by atoms with Crippen molar-refractivity contribution in [3.8, 4) is 24.2 Å². The largest absolute Gasteiger partial charge is 0.388 e. The van der Waals surface area contributed by atoms with Gasteiger partial charge in [-0.05, 0) is 6.08 Å². The quantitative estimate of drug-likeness (QED) is 0.299. The summed E-state index contributed by atoms with van der Waals surface area (Å²) in [5, 5.41) is 9.25. The number of allylic oxidation sites excluding steroid dienone is 3. The van der Waals surface area contributed by atoms with Gasteiger partial charge in [0.25, 0.3) is 0 Å². The maximum absolute atomic E-state index is 10.6. The molecule has 1 atom stereocenters. The van der Waals surface area contributed by atoms with Crippen LogP contribution in [0.3, 0.4) is 0 Å². The minimum absolute atomic E-state index is 0.177. The number of carbonyl (C=O) groups is 1. The number of ether oxygens (including phenoxy) is 1. The zero-order valence-corrected chi connectivity index (χ0v) is 10.5. The van der Waals surface area contributed by atoms with Crippen molar-refractivity contribution in [1.82, 2.24) is 0 Å². The van der Waals surface area contributed by atoms with Gasteiger partial charge in [-0.3, -0.25) is 0 Å². The van der Waals surface area contributed by atoms with E-state index in [1.807, 2.05) is 0 Å². The minimum atomic E-state index is -0.627. The van der Waals surface area contributed by atoms with E-state index in [9.17, 15) is 9.90 Å². The molecule has 0 aromatic carbocycles. The highest BCUT2D eigenvalue weighted by Gasteiger charge is 1.98. The molecule has 19 heavy (non-hydrogen) atoms. The van der Waals surface area contributed by atoms with Gasteiger partial charge < -0.3 is 14.7 Å². The Bertz CT molecular complexity index is 409. The second kappa shape index (κ2) is 12.4.